The van der Waals surface area contributed by atoms with Crippen LogP contribution < -0.4 is 16.0 Å². The maximum atomic E-state index is 13.7. The number of hydrogen-bond donors (Lipinski definition) is 4. The van der Waals surface area contributed by atoms with Gasteiger partial charge >= 0.3 is 5.97 Å². The minimum Gasteiger partial charge on any atom is -0.481 e. The number of halogens is 1. The maximum Gasteiger partial charge on any atom is 0.306 e. The van der Waals surface area contributed by atoms with Gasteiger partial charge in [-0.2, -0.15) is 5.26 Å². The van der Waals surface area contributed by atoms with Gasteiger partial charge in [-0.1, -0.05) is 35.9 Å². The van der Waals surface area contributed by atoms with Gasteiger partial charge in [0.2, 0.25) is 0 Å². The first-order valence-electron chi connectivity index (χ1n) is 17.3. The molecule has 0 unspecified atom stereocenters. The number of carboxylic acids is 1. The smallest absolute Gasteiger partial charge is 0.306 e. The maximum absolute atomic E-state index is 13.7. The van der Waals surface area contributed by atoms with Crippen LogP contribution in [0.25, 0.3) is 11.1 Å². The number of carbonyl (C=O) groups is 3. The van der Waals surface area contributed by atoms with Crippen molar-refractivity contribution in [3.8, 4) is 17.2 Å². The zero-order chi connectivity index (χ0) is 35.8. The van der Waals surface area contributed by atoms with E-state index in [0.717, 1.165) is 80.9 Å². The summed E-state index contributed by atoms with van der Waals surface area (Å²) < 4.78 is 3.64. The van der Waals surface area contributed by atoms with Gasteiger partial charge in [0.15, 0.2) is 11.6 Å². The molecule has 14 heteroatoms. The Hall–Kier alpha value is -5.03. The zero-order valence-electron chi connectivity index (χ0n) is 28.6. The topological polar surface area (TPSA) is 170 Å². The summed E-state index contributed by atoms with van der Waals surface area (Å²) >= 11 is 6.88. The fourth-order valence-corrected chi connectivity index (χ4v) is 8.03. The SMILES string of the molecule is Cn1c(C(=O)Nc2cccc(-c3cccc(NC(=O)c4nc5c(n4C)CCN(C[C@H]4CC[C@H](C(=O)O)CC4)C5)c3C#N)c2Cl)nc2c1CCNC2. The summed E-state index contributed by atoms with van der Waals surface area (Å²) in [6.45, 7) is 3.79. The predicted molar refractivity (Wildman–Crippen MR) is 191 cm³/mol. The molecule has 264 valence electrons. The van der Waals surface area contributed by atoms with Crippen LogP contribution in [0, 0.1) is 23.2 Å². The molecule has 0 saturated heterocycles. The van der Waals surface area contributed by atoms with E-state index in [2.05, 4.69) is 31.9 Å². The Morgan fingerprint density at radius 1 is 0.922 bits per heavy atom. The van der Waals surface area contributed by atoms with Gasteiger partial charge in [0.25, 0.3) is 11.8 Å². The average molecular weight is 710 g/mol. The Bertz CT molecular complexity index is 2070. The molecule has 0 spiro atoms. The van der Waals surface area contributed by atoms with Gasteiger partial charge in [0, 0.05) is 82.2 Å². The highest BCUT2D eigenvalue weighted by molar-refractivity contribution is 6.36. The second kappa shape index (κ2) is 14.3. The third kappa shape index (κ3) is 6.74. The van der Waals surface area contributed by atoms with Crippen LogP contribution in [0.5, 0.6) is 0 Å². The molecule has 1 aliphatic carbocycles. The van der Waals surface area contributed by atoms with Crippen molar-refractivity contribution in [3.05, 3.63) is 81.4 Å². The van der Waals surface area contributed by atoms with E-state index in [-0.39, 0.29) is 28.2 Å². The van der Waals surface area contributed by atoms with Crippen molar-refractivity contribution in [2.24, 2.45) is 25.9 Å². The summed E-state index contributed by atoms with van der Waals surface area (Å²) in [6.07, 6.45) is 4.79. The lowest BCUT2D eigenvalue weighted by molar-refractivity contribution is -0.143. The van der Waals surface area contributed by atoms with Crippen LogP contribution in [0.15, 0.2) is 36.4 Å². The monoisotopic (exact) mass is 709 g/mol. The van der Waals surface area contributed by atoms with Crippen LogP contribution in [0.3, 0.4) is 0 Å². The van der Waals surface area contributed by atoms with Crippen LogP contribution in [0.2, 0.25) is 5.02 Å². The Balaban J connectivity index is 1.07. The van der Waals surface area contributed by atoms with Crippen molar-refractivity contribution in [2.45, 2.75) is 51.6 Å². The minimum absolute atomic E-state index is 0.225. The Morgan fingerprint density at radius 3 is 2.22 bits per heavy atom. The number of hydrogen-bond acceptors (Lipinski definition) is 8. The van der Waals surface area contributed by atoms with E-state index in [0.29, 0.717) is 41.5 Å². The number of nitrogens with one attached hydrogen (secondary N) is 3. The van der Waals surface area contributed by atoms with Crippen LogP contribution in [-0.2, 0) is 44.8 Å². The number of rotatable bonds is 8. The summed E-state index contributed by atoms with van der Waals surface area (Å²) in [5, 5.41) is 29.0. The van der Waals surface area contributed by atoms with Crippen LogP contribution in [0.4, 0.5) is 11.4 Å². The standard InChI is InChI=1S/C37H40ClN9O4/c1-45-30-13-15-40-18-28(30)41-33(45)36(49)44-27-8-4-6-24(32(27)38)23-5-3-7-26(25(23)17-39)43-35(48)34-42-29-20-47(16-14-31(29)46(34)2)19-21-9-11-22(12-10-21)37(50)51/h3-8,21-22,40H,9-16,18-20H2,1-2H3,(H,43,48)(H,44,49)(H,50,51)/t21-,22-. The minimum atomic E-state index is -0.694. The molecule has 0 radical (unpaired) electrons. The van der Waals surface area contributed by atoms with Crippen molar-refractivity contribution in [1.82, 2.24) is 29.3 Å². The lowest BCUT2D eigenvalue weighted by Gasteiger charge is -2.33. The number of nitriles is 1. The lowest BCUT2D eigenvalue weighted by atomic mass is 9.81. The second-order valence-electron chi connectivity index (χ2n) is 13.7. The first-order chi connectivity index (χ1) is 24.6. The molecular weight excluding hydrogens is 670 g/mol. The molecule has 4 N–H and O–H groups in total. The van der Waals surface area contributed by atoms with E-state index in [1.54, 1.807) is 36.4 Å². The highest BCUT2D eigenvalue weighted by Crippen LogP contribution is 2.38. The molecule has 0 atom stereocenters. The summed E-state index contributed by atoms with van der Waals surface area (Å²) in [5.74, 6) is -0.747. The van der Waals surface area contributed by atoms with Gasteiger partial charge in [-0.15, -0.1) is 0 Å². The van der Waals surface area contributed by atoms with Crippen LogP contribution >= 0.6 is 11.6 Å². The lowest BCUT2D eigenvalue weighted by Crippen LogP contribution is -2.36. The number of benzene rings is 2. The first-order valence-corrected chi connectivity index (χ1v) is 17.7. The van der Waals surface area contributed by atoms with Gasteiger partial charge < -0.3 is 30.2 Å². The van der Waals surface area contributed by atoms with E-state index in [9.17, 15) is 24.8 Å². The molecule has 13 nitrogen and oxygen atoms in total. The molecule has 2 aliphatic heterocycles. The largest absolute Gasteiger partial charge is 0.481 e. The number of nitrogens with zero attached hydrogens (tertiary/aromatic N) is 6. The van der Waals surface area contributed by atoms with Gasteiger partial charge in [-0.3, -0.25) is 19.3 Å². The molecule has 2 amide bonds. The van der Waals surface area contributed by atoms with Gasteiger partial charge in [0.1, 0.15) is 6.07 Å². The average Bonchev–Trinajstić information content (AvgIpc) is 3.65. The van der Waals surface area contributed by atoms with Gasteiger partial charge in [-0.05, 0) is 43.7 Å². The summed E-state index contributed by atoms with van der Waals surface area (Å²) in [5.41, 5.74) is 5.68. The highest BCUT2D eigenvalue weighted by atomic mass is 35.5. The molecule has 2 aromatic heterocycles. The van der Waals surface area contributed by atoms with Crippen molar-refractivity contribution >= 4 is 40.8 Å². The molecule has 2 aromatic carbocycles. The molecule has 4 heterocycles. The predicted octanol–water partition coefficient (Wildman–Crippen LogP) is 4.75. The second-order valence-corrected chi connectivity index (χ2v) is 14.0. The number of aromatic nitrogens is 4. The van der Waals surface area contributed by atoms with Gasteiger partial charge in [0.05, 0.1) is 39.3 Å². The van der Waals surface area contributed by atoms with Crippen LogP contribution in [-0.4, -0.2) is 66.5 Å². The molecule has 1 fully saturated rings. The van der Waals surface area contributed by atoms with E-state index in [1.807, 2.05) is 23.2 Å². The zero-order valence-corrected chi connectivity index (χ0v) is 29.4. The fraction of sp³-hybridized carbons (Fsp3) is 0.405. The molecule has 4 aromatic rings. The third-order valence-corrected chi connectivity index (χ3v) is 10.9. The quantitative estimate of drug-likeness (QED) is 0.202. The van der Waals surface area contributed by atoms with E-state index in [4.69, 9.17) is 16.6 Å². The Kier molecular flexibility index (Phi) is 9.65. The molecule has 51 heavy (non-hydrogen) atoms. The van der Waals surface area contributed by atoms with Crippen molar-refractivity contribution in [2.75, 3.05) is 30.3 Å². The third-order valence-electron chi connectivity index (χ3n) is 10.5. The number of amides is 2. The number of aliphatic carboxylic acids is 1. The Labute approximate surface area is 300 Å². The van der Waals surface area contributed by atoms with Crippen molar-refractivity contribution in [3.63, 3.8) is 0 Å². The molecule has 7 rings (SSSR count). The molecule has 0 bridgehead atoms. The van der Waals surface area contributed by atoms with Crippen molar-refractivity contribution < 1.29 is 19.5 Å². The van der Waals surface area contributed by atoms with Crippen LogP contribution in [0.1, 0.15) is 75.3 Å². The van der Waals surface area contributed by atoms with Crippen molar-refractivity contribution in [1.29, 1.82) is 5.26 Å². The molecular formula is C37H40ClN9O4. The number of fused-ring (bicyclic) bond motifs is 2. The summed E-state index contributed by atoms with van der Waals surface area (Å²) in [7, 11) is 3.67. The molecule has 1 saturated carbocycles. The van der Waals surface area contributed by atoms with E-state index < -0.39 is 17.8 Å². The summed E-state index contributed by atoms with van der Waals surface area (Å²) in [4.78, 5) is 50.0. The number of carbonyl (C=O) groups excluding carboxylic acids is 2. The fourth-order valence-electron chi connectivity index (χ4n) is 7.75. The van der Waals surface area contributed by atoms with E-state index >= 15 is 0 Å². The summed E-state index contributed by atoms with van der Waals surface area (Å²) in [6, 6.07) is 12.6. The Morgan fingerprint density at radius 2 is 1.55 bits per heavy atom. The number of carboxylic acid groups (broad SMARTS) is 1. The molecule has 3 aliphatic rings. The first kappa shape index (κ1) is 34.4. The van der Waals surface area contributed by atoms with E-state index in [1.165, 1.54) is 0 Å². The number of imidazole rings is 2. The van der Waals surface area contributed by atoms with Gasteiger partial charge in [-0.25, -0.2) is 9.97 Å². The number of anilines is 2. The highest BCUT2D eigenvalue weighted by Gasteiger charge is 2.31. The normalized spacial score (nSPS) is 18.7.